The summed E-state index contributed by atoms with van der Waals surface area (Å²) in [6.07, 6.45) is 0. The summed E-state index contributed by atoms with van der Waals surface area (Å²) in [5.74, 6) is 0. The normalized spacial score (nSPS) is 4.57. The molecule has 0 aromatic heterocycles. The van der Waals surface area contributed by atoms with Gasteiger partial charge >= 0.3 is 32.3 Å². The molecule has 5 nitrogen and oxygen atoms in total. The second-order valence-corrected chi connectivity index (χ2v) is 1.53. The van der Waals surface area contributed by atoms with Crippen molar-refractivity contribution in [1.82, 2.24) is 0 Å². The predicted molar refractivity (Wildman–Crippen MR) is 7.81 cm³/mol. The van der Waals surface area contributed by atoms with Crippen LogP contribution in [0.2, 0.25) is 0 Å². The molecule has 0 aliphatic heterocycles. The predicted octanol–water partition coefficient (Wildman–Crippen LogP) is -3.12. The molecule has 0 aromatic carbocycles. The van der Waals surface area contributed by atoms with Gasteiger partial charge in [-0.2, -0.15) is 0 Å². The molecule has 0 rings (SSSR count). The van der Waals surface area contributed by atoms with Crippen LogP contribution in [0.15, 0.2) is 0 Å². The second-order valence-electron chi connectivity index (χ2n) is 0.333. The van der Waals surface area contributed by atoms with E-state index in [1.54, 1.807) is 0 Å². The Morgan fingerprint density at radius 3 is 1.29 bits per heavy atom. The van der Waals surface area contributed by atoms with E-state index in [2.05, 4.69) is 0 Å². The van der Waals surface area contributed by atoms with Gasteiger partial charge in [0.25, 0.3) is 0 Å². The van der Waals surface area contributed by atoms with Crippen LogP contribution in [-0.2, 0) is 8.93 Å². The Labute approximate surface area is 55.5 Å². The van der Waals surface area contributed by atoms with Gasteiger partial charge in [0, 0.05) is 9.17 Å². The van der Waals surface area contributed by atoms with E-state index in [9.17, 15) is 0 Å². The summed E-state index contributed by atoms with van der Waals surface area (Å²) in [7, 11) is -3.63. The molecule has 7 heavy (non-hydrogen) atoms. The number of hydrogen-bond acceptors (Lipinski definition) is 5. The van der Waals surface area contributed by atoms with E-state index < -0.39 is 37.0 Å². The Morgan fingerprint density at radius 2 is 1.29 bits per heavy atom. The maximum atomic E-state index is 8.58. The van der Waals surface area contributed by atoms with Gasteiger partial charge in [-0.25, -0.2) is 0 Å². The Hall–Kier alpha value is 0.269. The summed E-state index contributed by atoms with van der Waals surface area (Å²) in [5.41, 5.74) is 0. The zero-order chi connectivity index (χ0) is 6.28. The van der Waals surface area contributed by atoms with Crippen molar-refractivity contribution in [3.63, 3.8) is 0 Å². The van der Waals surface area contributed by atoms with Crippen molar-refractivity contribution >= 4 is 9.17 Å². The van der Waals surface area contributed by atoms with Gasteiger partial charge in [-0.15, -0.1) is 0 Å². The van der Waals surface area contributed by atoms with Gasteiger partial charge in [-0.05, 0) is 0 Å². The Kier molecular flexibility index (Phi) is 14.0. The fourth-order valence-electron chi connectivity index (χ4n) is 0. The third-order valence-corrected chi connectivity index (χ3v) is 0. The zero-order valence-corrected chi connectivity index (χ0v) is 8.20. The molecule has 0 spiro atoms. The molecule has 0 aliphatic carbocycles. The number of hydrogen-bond donors (Lipinski definition) is 0. The second kappa shape index (κ2) is 9.55. The molecule has 0 aromatic rings. The average molecular weight is 346 g/mol. The SMILES string of the molecule is O=[Si]([O-])[O-].[O]=[U+2]=[O]. The fraction of sp³-hybridized carbons (Fsp3) is 0. The van der Waals surface area contributed by atoms with Gasteiger partial charge in [0.1, 0.15) is 0 Å². The van der Waals surface area contributed by atoms with Crippen molar-refractivity contribution < 1.29 is 46.3 Å². The van der Waals surface area contributed by atoms with Gasteiger partial charge in [0.05, 0.1) is 0 Å². The summed E-state index contributed by atoms with van der Waals surface area (Å²) in [5, 5.41) is 0. The van der Waals surface area contributed by atoms with Crippen molar-refractivity contribution in [1.29, 1.82) is 0 Å². The topological polar surface area (TPSA) is 97.3 Å². The van der Waals surface area contributed by atoms with Gasteiger partial charge in [0.15, 0.2) is 0 Å². The summed E-state index contributed by atoms with van der Waals surface area (Å²) < 4.78 is 25.7. The van der Waals surface area contributed by atoms with E-state index in [-0.39, 0.29) is 0 Å². The van der Waals surface area contributed by atoms with Crippen LogP contribution in [-0.4, -0.2) is 9.17 Å². The van der Waals surface area contributed by atoms with Crippen molar-refractivity contribution in [3.8, 4) is 0 Å². The van der Waals surface area contributed by atoms with Crippen LogP contribution in [0, 0.1) is 27.8 Å². The monoisotopic (exact) mass is 346 g/mol. The standard InChI is InChI=1S/O3Si.2O.U/c1-4(2)3;;;/q-2;;;+2. The minimum absolute atomic E-state index is 2.51. The van der Waals surface area contributed by atoms with Crippen molar-refractivity contribution in [2.24, 2.45) is 0 Å². The summed E-state index contributed by atoms with van der Waals surface area (Å²) in [4.78, 5) is 17.0. The first-order valence-electron chi connectivity index (χ1n) is 1.02. The number of rotatable bonds is 0. The molecule has 38 valence electrons. The zero-order valence-electron chi connectivity index (χ0n) is 3.04. The van der Waals surface area contributed by atoms with Crippen LogP contribution in [0.4, 0.5) is 0 Å². The summed E-state index contributed by atoms with van der Waals surface area (Å²) in [6.45, 7) is 0. The molecule has 0 radical (unpaired) electrons. The van der Waals surface area contributed by atoms with Gasteiger partial charge in [0.2, 0.25) is 0 Å². The Balaban J connectivity index is 0. The van der Waals surface area contributed by atoms with Crippen LogP contribution >= 0.6 is 0 Å². The summed E-state index contributed by atoms with van der Waals surface area (Å²) in [6, 6.07) is 0. The molecule has 0 aliphatic rings. The van der Waals surface area contributed by atoms with Crippen molar-refractivity contribution in [2.75, 3.05) is 0 Å². The van der Waals surface area contributed by atoms with Gasteiger partial charge in [-0.1, -0.05) is 0 Å². The van der Waals surface area contributed by atoms with Gasteiger partial charge < -0.3 is 14.1 Å². The molecule has 0 heterocycles. The quantitative estimate of drug-likeness (QED) is 0.433. The van der Waals surface area contributed by atoms with Crippen molar-refractivity contribution in [3.05, 3.63) is 0 Å². The molecule has 0 saturated heterocycles. The Morgan fingerprint density at radius 1 is 1.29 bits per heavy atom. The molecule has 0 amide bonds. The van der Waals surface area contributed by atoms with Crippen LogP contribution in [0.25, 0.3) is 0 Å². The van der Waals surface area contributed by atoms with Gasteiger partial charge in [-0.3, -0.25) is 0 Å². The molecule has 0 unspecified atom stereocenters. The third-order valence-electron chi connectivity index (χ3n) is 0. The van der Waals surface area contributed by atoms with E-state index in [4.69, 9.17) is 18.5 Å². The summed E-state index contributed by atoms with van der Waals surface area (Å²) >= 11 is -2.51. The molecule has 0 fully saturated rings. The van der Waals surface area contributed by atoms with E-state index in [1.807, 2.05) is 0 Å². The van der Waals surface area contributed by atoms with E-state index in [0.717, 1.165) is 0 Å². The Bertz CT molecular complexity index is 76.1. The first-order chi connectivity index (χ1) is 3.15. The third kappa shape index (κ3) is 1580. The van der Waals surface area contributed by atoms with Crippen LogP contribution in [0.1, 0.15) is 0 Å². The molecule has 0 N–H and O–H groups in total. The molecular weight excluding hydrogens is 346 g/mol. The fourth-order valence-corrected chi connectivity index (χ4v) is 0. The molecule has 0 bridgehead atoms. The van der Waals surface area contributed by atoms with Crippen molar-refractivity contribution in [2.45, 2.75) is 0 Å². The van der Waals surface area contributed by atoms with Crippen LogP contribution in [0.3, 0.4) is 0 Å². The van der Waals surface area contributed by atoms with Crippen LogP contribution < -0.4 is 9.59 Å². The average Bonchev–Trinajstić information content (AvgIpc) is 1.33. The molecule has 0 saturated carbocycles. The van der Waals surface area contributed by atoms with Crippen LogP contribution in [0.5, 0.6) is 0 Å². The maximum absolute atomic E-state index is 8.58. The molecular formula is O5SiU. The first-order valence-corrected chi connectivity index (χ1v) is 5.65. The van der Waals surface area contributed by atoms with E-state index in [0.29, 0.717) is 0 Å². The molecule has 0 atom stereocenters. The van der Waals surface area contributed by atoms with E-state index >= 15 is 0 Å². The van der Waals surface area contributed by atoms with E-state index in [1.165, 1.54) is 0 Å². The first kappa shape index (κ1) is 10.3. The molecule has 7 heteroatoms. The minimum atomic E-state index is -3.63.